The van der Waals surface area contributed by atoms with Crippen molar-refractivity contribution < 1.29 is 14.1 Å². The molecule has 0 unspecified atom stereocenters. The van der Waals surface area contributed by atoms with E-state index in [0.29, 0.717) is 31.0 Å². The standard InChI is InChI=1S/C23H30FN5O3/c24-22-5-2-1-4-20(22)10-12-26-23(25-11-3-13-28-14-16-32-17-15-28)27-18-19-6-8-21(9-7-19)29(30)31/h1-2,4-9H,3,10-18H2,(H2,25,26,27). The molecule has 0 radical (unpaired) electrons. The summed E-state index contributed by atoms with van der Waals surface area (Å²) >= 11 is 0. The van der Waals surface area contributed by atoms with Gasteiger partial charge < -0.3 is 15.4 Å². The lowest BCUT2D eigenvalue weighted by atomic mass is 10.1. The van der Waals surface area contributed by atoms with Crippen molar-refractivity contribution in [3.63, 3.8) is 0 Å². The van der Waals surface area contributed by atoms with E-state index in [1.807, 2.05) is 6.07 Å². The van der Waals surface area contributed by atoms with Crippen molar-refractivity contribution >= 4 is 11.6 Å². The molecule has 2 aromatic rings. The zero-order valence-electron chi connectivity index (χ0n) is 18.1. The number of benzene rings is 2. The first-order valence-corrected chi connectivity index (χ1v) is 10.9. The molecule has 3 rings (SSSR count). The van der Waals surface area contributed by atoms with E-state index < -0.39 is 4.92 Å². The number of nitrogens with zero attached hydrogens (tertiary/aromatic N) is 3. The second kappa shape index (κ2) is 12.7. The van der Waals surface area contributed by atoms with E-state index in [9.17, 15) is 14.5 Å². The summed E-state index contributed by atoms with van der Waals surface area (Å²) in [5.41, 5.74) is 1.59. The first-order chi connectivity index (χ1) is 15.6. The molecule has 8 nitrogen and oxygen atoms in total. The Bertz CT molecular complexity index is 885. The van der Waals surface area contributed by atoms with Crippen LogP contribution in [0.5, 0.6) is 0 Å². The molecule has 0 amide bonds. The Morgan fingerprint density at radius 2 is 1.81 bits per heavy atom. The van der Waals surface area contributed by atoms with E-state index in [4.69, 9.17) is 4.74 Å². The van der Waals surface area contributed by atoms with Crippen molar-refractivity contribution in [1.82, 2.24) is 15.5 Å². The maximum atomic E-state index is 13.9. The van der Waals surface area contributed by atoms with Crippen LogP contribution in [0.3, 0.4) is 0 Å². The summed E-state index contributed by atoms with van der Waals surface area (Å²) in [4.78, 5) is 17.4. The summed E-state index contributed by atoms with van der Waals surface area (Å²) in [5.74, 6) is 0.429. The molecule has 1 saturated heterocycles. The number of hydrogen-bond donors (Lipinski definition) is 2. The summed E-state index contributed by atoms with van der Waals surface area (Å²) in [6.45, 7) is 6.15. The van der Waals surface area contributed by atoms with Crippen molar-refractivity contribution in [1.29, 1.82) is 0 Å². The van der Waals surface area contributed by atoms with Gasteiger partial charge in [-0.2, -0.15) is 0 Å². The van der Waals surface area contributed by atoms with Gasteiger partial charge in [0.15, 0.2) is 5.96 Å². The van der Waals surface area contributed by atoms with E-state index in [-0.39, 0.29) is 11.5 Å². The highest BCUT2D eigenvalue weighted by molar-refractivity contribution is 5.79. The lowest BCUT2D eigenvalue weighted by Crippen LogP contribution is -2.41. The molecule has 2 aromatic carbocycles. The average molecular weight is 444 g/mol. The number of aliphatic imine (C=N–C) groups is 1. The first kappa shape index (κ1) is 23.6. The molecule has 2 N–H and O–H groups in total. The first-order valence-electron chi connectivity index (χ1n) is 10.9. The molecule has 1 aliphatic heterocycles. The van der Waals surface area contributed by atoms with Gasteiger partial charge in [-0.25, -0.2) is 9.38 Å². The largest absolute Gasteiger partial charge is 0.379 e. The van der Waals surface area contributed by atoms with Gasteiger partial charge in [0, 0.05) is 38.3 Å². The number of rotatable bonds is 10. The number of nitro benzene ring substituents is 1. The Morgan fingerprint density at radius 3 is 2.53 bits per heavy atom. The predicted molar refractivity (Wildman–Crippen MR) is 122 cm³/mol. The number of non-ortho nitro benzene ring substituents is 1. The van der Waals surface area contributed by atoms with Crippen LogP contribution < -0.4 is 10.6 Å². The summed E-state index contributed by atoms with van der Waals surface area (Å²) in [7, 11) is 0. The maximum absolute atomic E-state index is 13.9. The lowest BCUT2D eigenvalue weighted by molar-refractivity contribution is -0.384. The van der Waals surface area contributed by atoms with Gasteiger partial charge in [-0.15, -0.1) is 0 Å². The fourth-order valence-electron chi connectivity index (χ4n) is 3.42. The molecule has 0 aliphatic carbocycles. The predicted octanol–water partition coefficient (Wildman–Crippen LogP) is 2.73. The Morgan fingerprint density at radius 1 is 1.09 bits per heavy atom. The van der Waals surface area contributed by atoms with E-state index in [0.717, 1.165) is 51.4 Å². The second-order valence-electron chi connectivity index (χ2n) is 7.59. The van der Waals surface area contributed by atoms with Gasteiger partial charge in [-0.1, -0.05) is 30.3 Å². The summed E-state index contributed by atoms with van der Waals surface area (Å²) in [6.07, 6.45) is 1.50. The molecular weight excluding hydrogens is 413 g/mol. The highest BCUT2D eigenvalue weighted by atomic mass is 19.1. The van der Waals surface area contributed by atoms with E-state index in [2.05, 4.69) is 20.5 Å². The molecule has 1 fully saturated rings. The van der Waals surface area contributed by atoms with Crippen molar-refractivity contribution in [2.24, 2.45) is 4.99 Å². The summed E-state index contributed by atoms with van der Waals surface area (Å²) in [5, 5.41) is 17.4. The van der Waals surface area contributed by atoms with Crippen LogP contribution >= 0.6 is 0 Å². The van der Waals surface area contributed by atoms with E-state index >= 15 is 0 Å². The van der Waals surface area contributed by atoms with Gasteiger partial charge in [-0.3, -0.25) is 15.0 Å². The van der Waals surface area contributed by atoms with Crippen LogP contribution in [0.1, 0.15) is 17.5 Å². The van der Waals surface area contributed by atoms with Gasteiger partial charge in [-0.05, 0) is 36.6 Å². The number of nitro groups is 1. The molecule has 1 aliphatic rings. The summed E-state index contributed by atoms with van der Waals surface area (Å²) < 4.78 is 19.2. The number of ether oxygens (including phenoxy) is 1. The SMILES string of the molecule is O=[N+]([O-])c1ccc(CN=C(NCCCN2CCOCC2)NCCc2ccccc2F)cc1. The topological polar surface area (TPSA) is 92.0 Å². The van der Waals surface area contributed by atoms with Gasteiger partial charge in [0.1, 0.15) is 5.82 Å². The number of guanidine groups is 1. The van der Waals surface area contributed by atoms with E-state index in [1.54, 1.807) is 24.3 Å². The summed E-state index contributed by atoms with van der Waals surface area (Å²) in [6, 6.07) is 13.1. The molecule has 0 bridgehead atoms. The zero-order chi connectivity index (χ0) is 22.6. The third-order valence-electron chi connectivity index (χ3n) is 5.26. The van der Waals surface area contributed by atoms with Crippen molar-refractivity contribution in [2.75, 3.05) is 45.9 Å². The van der Waals surface area contributed by atoms with Crippen LogP contribution in [0.15, 0.2) is 53.5 Å². The second-order valence-corrected chi connectivity index (χ2v) is 7.59. The van der Waals surface area contributed by atoms with Crippen molar-refractivity contribution in [3.05, 3.63) is 75.6 Å². The number of nitrogens with one attached hydrogen (secondary N) is 2. The number of halogens is 1. The number of hydrogen-bond acceptors (Lipinski definition) is 5. The third-order valence-corrected chi connectivity index (χ3v) is 5.26. The molecule has 172 valence electrons. The van der Waals surface area contributed by atoms with Crippen LogP contribution in [0, 0.1) is 15.9 Å². The molecule has 0 spiro atoms. The minimum absolute atomic E-state index is 0.0576. The Labute approximate surface area is 187 Å². The van der Waals surface area contributed by atoms with Crippen LogP contribution in [0.2, 0.25) is 0 Å². The quantitative estimate of drug-likeness (QED) is 0.193. The zero-order valence-corrected chi connectivity index (χ0v) is 18.1. The normalized spacial score (nSPS) is 14.8. The Hall–Kier alpha value is -3.04. The minimum Gasteiger partial charge on any atom is -0.379 e. The van der Waals surface area contributed by atoms with Gasteiger partial charge in [0.2, 0.25) is 0 Å². The maximum Gasteiger partial charge on any atom is 0.269 e. The van der Waals surface area contributed by atoms with Crippen LogP contribution in [0.25, 0.3) is 0 Å². The van der Waals surface area contributed by atoms with Gasteiger partial charge >= 0.3 is 0 Å². The van der Waals surface area contributed by atoms with Gasteiger partial charge in [0.25, 0.3) is 5.69 Å². The molecular formula is C23H30FN5O3. The van der Waals surface area contributed by atoms with E-state index in [1.165, 1.54) is 18.2 Å². The monoisotopic (exact) mass is 443 g/mol. The molecule has 0 atom stereocenters. The van der Waals surface area contributed by atoms with Crippen LogP contribution in [-0.4, -0.2) is 61.7 Å². The highest BCUT2D eigenvalue weighted by Gasteiger charge is 2.10. The van der Waals surface area contributed by atoms with Crippen molar-refractivity contribution in [2.45, 2.75) is 19.4 Å². The van der Waals surface area contributed by atoms with Crippen LogP contribution in [-0.2, 0) is 17.7 Å². The molecule has 9 heteroatoms. The van der Waals surface area contributed by atoms with Crippen molar-refractivity contribution in [3.8, 4) is 0 Å². The average Bonchev–Trinajstić information content (AvgIpc) is 2.82. The molecule has 0 saturated carbocycles. The van der Waals surface area contributed by atoms with Crippen LogP contribution in [0.4, 0.5) is 10.1 Å². The fraction of sp³-hybridized carbons (Fsp3) is 0.435. The Balaban J connectivity index is 1.52. The van der Waals surface area contributed by atoms with Gasteiger partial charge in [0.05, 0.1) is 24.7 Å². The molecule has 0 aromatic heterocycles. The Kier molecular flexibility index (Phi) is 9.39. The third kappa shape index (κ3) is 7.90. The molecule has 1 heterocycles. The highest BCUT2D eigenvalue weighted by Crippen LogP contribution is 2.12. The minimum atomic E-state index is -0.418. The smallest absolute Gasteiger partial charge is 0.269 e. The number of morpholine rings is 1. The molecule has 32 heavy (non-hydrogen) atoms. The lowest BCUT2D eigenvalue weighted by Gasteiger charge is -2.26. The fourth-order valence-corrected chi connectivity index (χ4v) is 3.42.